The smallest absolute Gasteiger partial charge is 0.333 e. The lowest BCUT2D eigenvalue weighted by Gasteiger charge is -2.08. The number of esters is 1. The van der Waals surface area contributed by atoms with E-state index in [4.69, 9.17) is 4.74 Å². The second-order valence-electron chi connectivity index (χ2n) is 4.01. The molecule has 0 saturated carbocycles. The maximum Gasteiger partial charge on any atom is 0.333 e. The fourth-order valence-electron chi connectivity index (χ4n) is 1.71. The summed E-state index contributed by atoms with van der Waals surface area (Å²) in [4.78, 5) is 11.0. The van der Waals surface area contributed by atoms with Crippen molar-refractivity contribution in [3.8, 4) is 0 Å². The molecule has 16 heavy (non-hydrogen) atoms. The topological polar surface area (TPSA) is 47.6 Å². The molecular weight excluding hydrogens is 206 g/mol. The van der Waals surface area contributed by atoms with E-state index in [2.05, 4.69) is 10.1 Å². The van der Waals surface area contributed by atoms with Crippen LogP contribution in [0, 0.1) is 0 Å². The summed E-state index contributed by atoms with van der Waals surface area (Å²) >= 11 is 0. The molecule has 1 atom stereocenters. The first kappa shape index (κ1) is 13.2. The van der Waals surface area contributed by atoms with Crippen LogP contribution in [0.3, 0.4) is 0 Å². The van der Waals surface area contributed by atoms with Gasteiger partial charge in [-0.25, -0.2) is 4.79 Å². The molecule has 0 radical (unpaired) electrons. The van der Waals surface area contributed by atoms with Gasteiger partial charge in [0.2, 0.25) is 0 Å². The number of ether oxygens (including phenoxy) is 2. The number of rotatable bonds is 6. The molecule has 0 aliphatic carbocycles. The van der Waals surface area contributed by atoms with Crippen LogP contribution >= 0.6 is 0 Å². The highest BCUT2D eigenvalue weighted by atomic mass is 16.5. The molecule has 0 amide bonds. The average Bonchev–Trinajstić information content (AvgIpc) is 2.80. The summed E-state index contributed by atoms with van der Waals surface area (Å²) < 4.78 is 10.1. The van der Waals surface area contributed by atoms with Crippen LogP contribution in [0.4, 0.5) is 0 Å². The highest BCUT2D eigenvalue weighted by Gasteiger charge is 2.14. The van der Waals surface area contributed by atoms with Crippen LogP contribution < -0.4 is 5.32 Å². The zero-order valence-corrected chi connectivity index (χ0v) is 10.1. The van der Waals surface area contributed by atoms with E-state index in [0.29, 0.717) is 18.2 Å². The summed E-state index contributed by atoms with van der Waals surface area (Å²) in [6, 6.07) is 0. The van der Waals surface area contributed by atoms with E-state index in [9.17, 15) is 4.79 Å². The lowest BCUT2D eigenvalue weighted by molar-refractivity contribution is -0.136. The van der Waals surface area contributed by atoms with Gasteiger partial charge in [-0.3, -0.25) is 0 Å². The second-order valence-corrected chi connectivity index (χ2v) is 4.01. The molecule has 1 aliphatic heterocycles. The average molecular weight is 227 g/mol. The van der Waals surface area contributed by atoms with E-state index >= 15 is 0 Å². The Morgan fingerprint density at radius 3 is 3.06 bits per heavy atom. The molecule has 92 valence electrons. The summed E-state index contributed by atoms with van der Waals surface area (Å²) in [5.41, 5.74) is 0.645. The van der Waals surface area contributed by atoms with Crippen LogP contribution in [-0.2, 0) is 14.3 Å². The van der Waals surface area contributed by atoms with Gasteiger partial charge < -0.3 is 14.8 Å². The molecule has 0 bridgehead atoms. The van der Waals surface area contributed by atoms with E-state index in [-0.39, 0.29) is 5.97 Å². The lowest BCUT2D eigenvalue weighted by Crippen LogP contribution is -2.20. The number of carbonyl (C=O) groups is 1. The third-order valence-corrected chi connectivity index (χ3v) is 2.73. The molecule has 1 saturated heterocycles. The largest absolute Gasteiger partial charge is 0.466 e. The van der Waals surface area contributed by atoms with Crippen molar-refractivity contribution in [2.45, 2.75) is 32.3 Å². The van der Waals surface area contributed by atoms with Gasteiger partial charge in [0.1, 0.15) is 0 Å². The van der Waals surface area contributed by atoms with Crippen LogP contribution in [0.25, 0.3) is 0 Å². The Balaban J connectivity index is 2.04. The zero-order valence-electron chi connectivity index (χ0n) is 10.1. The molecule has 1 unspecified atom stereocenters. The van der Waals surface area contributed by atoms with Gasteiger partial charge in [-0.05, 0) is 32.7 Å². The minimum atomic E-state index is -0.263. The fourth-order valence-corrected chi connectivity index (χ4v) is 1.71. The van der Waals surface area contributed by atoms with Crippen LogP contribution in [0.15, 0.2) is 11.6 Å². The maximum absolute atomic E-state index is 11.0. The van der Waals surface area contributed by atoms with Crippen molar-refractivity contribution in [2.75, 3.05) is 26.8 Å². The summed E-state index contributed by atoms with van der Waals surface area (Å²) in [7, 11) is 1.39. The molecule has 0 aromatic rings. The third kappa shape index (κ3) is 4.77. The first-order chi connectivity index (χ1) is 7.74. The molecule has 0 aromatic heterocycles. The van der Waals surface area contributed by atoms with Crippen molar-refractivity contribution in [3.63, 3.8) is 0 Å². The van der Waals surface area contributed by atoms with Crippen molar-refractivity contribution in [1.29, 1.82) is 0 Å². The molecular formula is C12H21NO3. The van der Waals surface area contributed by atoms with Gasteiger partial charge in [0.05, 0.1) is 13.2 Å². The Hall–Kier alpha value is -0.870. The van der Waals surface area contributed by atoms with Crippen molar-refractivity contribution >= 4 is 5.97 Å². The summed E-state index contributed by atoms with van der Waals surface area (Å²) in [5, 5.41) is 3.26. The minimum Gasteiger partial charge on any atom is -0.466 e. The first-order valence-corrected chi connectivity index (χ1v) is 5.81. The van der Waals surface area contributed by atoms with Crippen LogP contribution in [0.1, 0.15) is 26.2 Å². The monoisotopic (exact) mass is 227 g/mol. The van der Waals surface area contributed by atoms with E-state index in [1.165, 1.54) is 20.0 Å². The molecule has 1 rings (SSSR count). The fraction of sp³-hybridized carbons (Fsp3) is 0.750. The molecule has 4 heteroatoms. The normalized spacial score (nSPS) is 21.1. The van der Waals surface area contributed by atoms with E-state index in [0.717, 1.165) is 19.6 Å². The Morgan fingerprint density at radius 2 is 2.44 bits per heavy atom. The first-order valence-electron chi connectivity index (χ1n) is 5.81. The Kier molecular flexibility index (Phi) is 6.11. The predicted octanol–water partition coefficient (Wildman–Crippen LogP) is 1.26. The molecule has 1 fully saturated rings. The van der Waals surface area contributed by atoms with E-state index in [1.54, 1.807) is 6.92 Å². The van der Waals surface area contributed by atoms with Gasteiger partial charge in [-0.1, -0.05) is 6.08 Å². The van der Waals surface area contributed by atoms with Crippen LogP contribution in [-0.4, -0.2) is 38.9 Å². The number of methoxy groups -OCH3 is 1. The standard InChI is InChI=1S/C12H21NO3/c1-10(12(14)15-2)5-7-13-8-6-11-4-3-9-16-11/h5,11,13H,3-4,6-9H2,1-2H3. The highest BCUT2D eigenvalue weighted by Crippen LogP contribution is 2.14. The van der Waals surface area contributed by atoms with Crippen LogP contribution in [0.2, 0.25) is 0 Å². The van der Waals surface area contributed by atoms with E-state index < -0.39 is 0 Å². The number of carbonyl (C=O) groups excluding carboxylic acids is 1. The number of hydrogen-bond acceptors (Lipinski definition) is 4. The van der Waals surface area contributed by atoms with E-state index in [1.807, 2.05) is 6.08 Å². The summed E-state index contributed by atoms with van der Waals surface area (Å²) in [6.07, 6.45) is 5.69. The number of nitrogens with one attached hydrogen (secondary N) is 1. The van der Waals surface area contributed by atoms with Gasteiger partial charge >= 0.3 is 5.97 Å². The lowest BCUT2D eigenvalue weighted by atomic mass is 10.2. The zero-order chi connectivity index (χ0) is 11.8. The number of hydrogen-bond donors (Lipinski definition) is 1. The Labute approximate surface area is 97.0 Å². The minimum absolute atomic E-state index is 0.263. The molecule has 1 aliphatic rings. The SMILES string of the molecule is COC(=O)C(C)=CCNCCC1CCCO1. The molecule has 1 N–H and O–H groups in total. The summed E-state index contributed by atoms with van der Waals surface area (Å²) in [5.74, 6) is -0.263. The molecule has 0 aromatic carbocycles. The van der Waals surface area contributed by atoms with Gasteiger partial charge in [-0.2, -0.15) is 0 Å². The Morgan fingerprint density at radius 1 is 1.62 bits per heavy atom. The van der Waals surface area contributed by atoms with Gasteiger partial charge in [0, 0.05) is 18.7 Å². The predicted molar refractivity (Wildman–Crippen MR) is 62.2 cm³/mol. The van der Waals surface area contributed by atoms with Gasteiger partial charge in [0.25, 0.3) is 0 Å². The molecule has 1 heterocycles. The molecule has 0 spiro atoms. The van der Waals surface area contributed by atoms with Gasteiger partial charge in [-0.15, -0.1) is 0 Å². The van der Waals surface area contributed by atoms with Crippen molar-refractivity contribution < 1.29 is 14.3 Å². The van der Waals surface area contributed by atoms with Crippen molar-refractivity contribution in [2.24, 2.45) is 0 Å². The summed E-state index contributed by atoms with van der Waals surface area (Å²) in [6.45, 7) is 4.29. The highest BCUT2D eigenvalue weighted by molar-refractivity contribution is 5.87. The van der Waals surface area contributed by atoms with Crippen LogP contribution in [0.5, 0.6) is 0 Å². The Bertz CT molecular complexity index is 245. The third-order valence-electron chi connectivity index (χ3n) is 2.73. The maximum atomic E-state index is 11.0. The van der Waals surface area contributed by atoms with Crippen molar-refractivity contribution in [1.82, 2.24) is 5.32 Å². The van der Waals surface area contributed by atoms with Gasteiger partial charge in [0.15, 0.2) is 0 Å². The molecule has 4 nitrogen and oxygen atoms in total. The second kappa shape index (κ2) is 7.41. The quantitative estimate of drug-likeness (QED) is 0.421. The van der Waals surface area contributed by atoms with Crippen molar-refractivity contribution in [3.05, 3.63) is 11.6 Å².